The fourth-order valence-electron chi connectivity index (χ4n) is 1.79. The van der Waals surface area contributed by atoms with E-state index in [2.05, 4.69) is 34.8 Å². The van der Waals surface area contributed by atoms with Crippen molar-refractivity contribution in [2.75, 3.05) is 20.1 Å². The van der Waals surface area contributed by atoms with Crippen LogP contribution in [0.2, 0.25) is 0 Å². The molecule has 1 atom stereocenters. The fourth-order valence-corrected chi connectivity index (χ4v) is 2.56. The summed E-state index contributed by atoms with van der Waals surface area (Å²) in [7, 11) is 2.22. The molecule has 0 aliphatic carbocycles. The van der Waals surface area contributed by atoms with E-state index in [-0.39, 0.29) is 0 Å². The van der Waals surface area contributed by atoms with Crippen LogP contribution in [0, 0.1) is 0 Å². The van der Waals surface area contributed by atoms with E-state index in [4.69, 9.17) is 0 Å². The van der Waals surface area contributed by atoms with Gasteiger partial charge in [0.25, 0.3) is 0 Å². The van der Waals surface area contributed by atoms with Crippen molar-refractivity contribution >= 4 is 11.3 Å². The van der Waals surface area contributed by atoms with E-state index < -0.39 is 0 Å². The van der Waals surface area contributed by atoms with Crippen LogP contribution in [-0.4, -0.2) is 31.1 Å². The Morgan fingerprint density at radius 2 is 2.62 bits per heavy atom. The molecule has 13 heavy (non-hydrogen) atoms. The van der Waals surface area contributed by atoms with Crippen LogP contribution in [0.15, 0.2) is 17.5 Å². The number of rotatable bonds is 3. The lowest BCUT2D eigenvalue weighted by molar-refractivity contribution is 0.251. The first-order valence-electron chi connectivity index (χ1n) is 4.79. The number of likely N-dealkylation sites (N-methyl/N-ethyl adjacent to an activating group) is 1. The van der Waals surface area contributed by atoms with Gasteiger partial charge in [-0.25, -0.2) is 0 Å². The summed E-state index contributed by atoms with van der Waals surface area (Å²) >= 11 is 1.85. The molecule has 72 valence electrons. The third kappa shape index (κ3) is 2.30. The van der Waals surface area contributed by atoms with E-state index in [9.17, 15) is 0 Å². The summed E-state index contributed by atoms with van der Waals surface area (Å²) in [6.07, 6.45) is 1.29. The van der Waals surface area contributed by atoms with Crippen molar-refractivity contribution in [1.82, 2.24) is 10.2 Å². The zero-order chi connectivity index (χ0) is 9.10. The molecule has 1 unspecified atom stereocenters. The van der Waals surface area contributed by atoms with Gasteiger partial charge in [-0.05, 0) is 31.5 Å². The van der Waals surface area contributed by atoms with Gasteiger partial charge in [0.1, 0.15) is 0 Å². The Bertz CT molecular complexity index is 239. The standard InChI is InChI=1S/C10H16N2S/c1-12(9-4-5-11-7-9)8-10-3-2-6-13-10/h2-3,6,9,11H,4-5,7-8H2,1H3. The van der Waals surface area contributed by atoms with Gasteiger partial charge in [-0.15, -0.1) is 11.3 Å². The van der Waals surface area contributed by atoms with Crippen molar-refractivity contribution in [2.45, 2.75) is 19.0 Å². The van der Waals surface area contributed by atoms with E-state index in [0.29, 0.717) is 0 Å². The second-order valence-electron chi connectivity index (χ2n) is 3.64. The van der Waals surface area contributed by atoms with Gasteiger partial charge in [-0.2, -0.15) is 0 Å². The molecule has 1 N–H and O–H groups in total. The molecule has 1 aromatic heterocycles. The van der Waals surface area contributed by atoms with Crippen molar-refractivity contribution in [3.63, 3.8) is 0 Å². The van der Waals surface area contributed by atoms with Gasteiger partial charge in [0.2, 0.25) is 0 Å². The van der Waals surface area contributed by atoms with Crippen LogP contribution < -0.4 is 5.32 Å². The van der Waals surface area contributed by atoms with Crippen molar-refractivity contribution < 1.29 is 0 Å². The van der Waals surface area contributed by atoms with Gasteiger partial charge in [0, 0.05) is 24.0 Å². The molecule has 2 nitrogen and oxygen atoms in total. The minimum Gasteiger partial charge on any atom is -0.315 e. The Morgan fingerprint density at radius 1 is 1.69 bits per heavy atom. The molecule has 2 rings (SSSR count). The van der Waals surface area contributed by atoms with Crippen LogP contribution in [0.1, 0.15) is 11.3 Å². The highest BCUT2D eigenvalue weighted by Gasteiger charge is 2.18. The van der Waals surface area contributed by atoms with Crippen molar-refractivity contribution in [2.24, 2.45) is 0 Å². The molecular weight excluding hydrogens is 180 g/mol. The molecule has 2 heterocycles. The first kappa shape index (κ1) is 9.19. The SMILES string of the molecule is CN(Cc1cccs1)C1CCNC1. The lowest BCUT2D eigenvalue weighted by Gasteiger charge is -2.22. The lowest BCUT2D eigenvalue weighted by atomic mass is 10.2. The highest BCUT2D eigenvalue weighted by Crippen LogP contribution is 2.14. The van der Waals surface area contributed by atoms with Gasteiger partial charge in [-0.3, -0.25) is 4.90 Å². The first-order chi connectivity index (χ1) is 6.36. The maximum Gasteiger partial charge on any atom is 0.0328 e. The van der Waals surface area contributed by atoms with Gasteiger partial charge < -0.3 is 5.32 Å². The van der Waals surface area contributed by atoms with Crippen LogP contribution >= 0.6 is 11.3 Å². The Kier molecular flexibility index (Phi) is 2.98. The maximum atomic E-state index is 3.39. The van der Waals surface area contributed by atoms with Crippen LogP contribution in [0.3, 0.4) is 0 Å². The van der Waals surface area contributed by atoms with Gasteiger partial charge in [-0.1, -0.05) is 6.07 Å². The van der Waals surface area contributed by atoms with Crippen molar-refractivity contribution in [3.8, 4) is 0 Å². The third-order valence-electron chi connectivity index (χ3n) is 2.64. The topological polar surface area (TPSA) is 15.3 Å². The largest absolute Gasteiger partial charge is 0.315 e. The van der Waals surface area contributed by atoms with Crippen molar-refractivity contribution in [3.05, 3.63) is 22.4 Å². The number of hydrogen-bond donors (Lipinski definition) is 1. The summed E-state index contributed by atoms with van der Waals surface area (Å²) in [5.74, 6) is 0. The highest BCUT2D eigenvalue weighted by atomic mass is 32.1. The summed E-state index contributed by atoms with van der Waals surface area (Å²) in [6.45, 7) is 3.44. The smallest absolute Gasteiger partial charge is 0.0328 e. The van der Waals surface area contributed by atoms with Crippen LogP contribution in [0.5, 0.6) is 0 Å². The van der Waals surface area contributed by atoms with Gasteiger partial charge in [0.15, 0.2) is 0 Å². The predicted octanol–water partition coefficient (Wildman–Crippen LogP) is 1.54. The summed E-state index contributed by atoms with van der Waals surface area (Å²) < 4.78 is 0. The van der Waals surface area contributed by atoms with E-state index in [1.165, 1.54) is 17.8 Å². The van der Waals surface area contributed by atoms with Crippen LogP contribution in [-0.2, 0) is 6.54 Å². The van der Waals surface area contributed by atoms with E-state index in [1.807, 2.05) is 11.3 Å². The van der Waals surface area contributed by atoms with Gasteiger partial charge in [0.05, 0.1) is 0 Å². The molecule has 1 aromatic rings. The Hall–Kier alpha value is -0.380. The third-order valence-corrected chi connectivity index (χ3v) is 3.50. The van der Waals surface area contributed by atoms with Crippen LogP contribution in [0.4, 0.5) is 0 Å². The first-order valence-corrected chi connectivity index (χ1v) is 5.67. The second kappa shape index (κ2) is 4.22. The van der Waals surface area contributed by atoms with E-state index >= 15 is 0 Å². The zero-order valence-corrected chi connectivity index (χ0v) is 8.81. The molecule has 0 saturated carbocycles. The second-order valence-corrected chi connectivity index (χ2v) is 4.67. The summed E-state index contributed by atoms with van der Waals surface area (Å²) in [5.41, 5.74) is 0. The molecule has 0 radical (unpaired) electrons. The maximum absolute atomic E-state index is 3.39. The monoisotopic (exact) mass is 196 g/mol. The number of nitrogens with one attached hydrogen (secondary N) is 1. The predicted molar refractivity (Wildman–Crippen MR) is 57.1 cm³/mol. The van der Waals surface area contributed by atoms with E-state index in [0.717, 1.165) is 19.1 Å². The average Bonchev–Trinajstić information content (AvgIpc) is 2.74. The summed E-state index contributed by atoms with van der Waals surface area (Å²) in [6, 6.07) is 5.08. The Labute approximate surface area is 83.6 Å². The molecular formula is C10H16N2S. The summed E-state index contributed by atoms with van der Waals surface area (Å²) in [4.78, 5) is 3.92. The molecule has 1 fully saturated rings. The Balaban J connectivity index is 1.87. The van der Waals surface area contributed by atoms with Crippen molar-refractivity contribution in [1.29, 1.82) is 0 Å². The number of thiophene rings is 1. The molecule has 0 bridgehead atoms. The quantitative estimate of drug-likeness (QED) is 0.789. The summed E-state index contributed by atoms with van der Waals surface area (Å²) in [5, 5.41) is 5.54. The van der Waals surface area contributed by atoms with E-state index in [1.54, 1.807) is 0 Å². The Morgan fingerprint density at radius 3 is 3.23 bits per heavy atom. The molecule has 0 amide bonds. The molecule has 1 aliphatic rings. The highest BCUT2D eigenvalue weighted by molar-refractivity contribution is 7.09. The zero-order valence-electron chi connectivity index (χ0n) is 7.99. The molecule has 0 aromatic carbocycles. The fraction of sp³-hybridized carbons (Fsp3) is 0.600. The minimum atomic E-state index is 0.738. The van der Waals surface area contributed by atoms with Gasteiger partial charge >= 0.3 is 0 Å². The van der Waals surface area contributed by atoms with Crippen LogP contribution in [0.25, 0.3) is 0 Å². The molecule has 1 saturated heterocycles. The number of hydrogen-bond acceptors (Lipinski definition) is 3. The minimum absolute atomic E-state index is 0.738. The molecule has 0 spiro atoms. The number of nitrogens with zero attached hydrogens (tertiary/aromatic N) is 1. The average molecular weight is 196 g/mol. The molecule has 3 heteroatoms. The molecule has 1 aliphatic heterocycles. The normalized spacial score (nSPS) is 22.8. The lowest BCUT2D eigenvalue weighted by Crippen LogP contribution is -2.32.